The van der Waals surface area contributed by atoms with Crippen LogP contribution in [0.2, 0.25) is 0 Å². The minimum absolute atomic E-state index is 0.0128. The van der Waals surface area contributed by atoms with Crippen LogP contribution in [0.4, 0.5) is 5.82 Å². The molecule has 2 aromatic carbocycles. The number of amides is 2. The summed E-state index contributed by atoms with van der Waals surface area (Å²) in [6, 6.07) is 17.4. The number of carbonyl (C=O) groups excluding carboxylic acids is 2. The molecular formula is C28H33N3O4. The summed E-state index contributed by atoms with van der Waals surface area (Å²) in [5.74, 6) is 1.66. The standard InChI is InChI=1S/C28H33N3O4/c1-19-17-25(30-35-19)29-26(32)21-13-15-31(16-14-21)27(33)22-7-5-20(6-8-22)18-34-24-11-9-23(10-12-24)28(2,3)4/h5-12,17,21H,13-16,18H2,1-4H3,(H,29,30,32). The number of nitrogens with one attached hydrogen (secondary N) is 1. The maximum absolute atomic E-state index is 12.9. The van der Waals surface area contributed by atoms with Crippen molar-refractivity contribution < 1.29 is 18.8 Å². The zero-order chi connectivity index (χ0) is 25.0. The number of hydrogen-bond donors (Lipinski definition) is 1. The van der Waals surface area contributed by atoms with E-state index < -0.39 is 0 Å². The number of aryl methyl sites for hydroxylation is 1. The van der Waals surface area contributed by atoms with Gasteiger partial charge in [-0.25, -0.2) is 0 Å². The molecule has 4 rings (SSSR count). The van der Waals surface area contributed by atoms with Crippen molar-refractivity contribution in [3.05, 3.63) is 77.0 Å². The minimum Gasteiger partial charge on any atom is -0.489 e. The number of likely N-dealkylation sites (tertiary alicyclic amines) is 1. The third-order valence-corrected chi connectivity index (χ3v) is 6.36. The van der Waals surface area contributed by atoms with Crippen molar-refractivity contribution in [3.8, 4) is 5.75 Å². The quantitative estimate of drug-likeness (QED) is 0.519. The van der Waals surface area contributed by atoms with Crippen molar-refractivity contribution in [2.24, 2.45) is 5.92 Å². The number of benzene rings is 2. The summed E-state index contributed by atoms with van der Waals surface area (Å²) in [6.07, 6.45) is 1.24. The van der Waals surface area contributed by atoms with Gasteiger partial charge in [0, 0.05) is 30.6 Å². The van der Waals surface area contributed by atoms with Gasteiger partial charge in [-0.2, -0.15) is 0 Å². The average Bonchev–Trinajstić information content (AvgIpc) is 3.26. The third-order valence-electron chi connectivity index (χ3n) is 6.36. The summed E-state index contributed by atoms with van der Waals surface area (Å²) in [4.78, 5) is 27.2. The summed E-state index contributed by atoms with van der Waals surface area (Å²) in [5.41, 5.74) is 3.02. The molecule has 0 atom stereocenters. The molecule has 1 saturated heterocycles. The molecule has 0 radical (unpaired) electrons. The SMILES string of the molecule is Cc1cc(NC(=O)C2CCN(C(=O)c3ccc(COc4ccc(C(C)(C)C)cc4)cc3)CC2)no1. The van der Waals surface area contributed by atoms with E-state index >= 15 is 0 Å². The van der Waals surface area contributed by atoms with Crippen LogP contribution in [0.15, 0.2) is 59.1 Å². The van der Waals surface area contributed by atoms with Crippen LogP contribution in [0.3, 0.4) is 0 Å². The third kappa shape index (κ3) is 6.29. The van der Waals surface area contributed by atoms with E-state index in [4.69, 9.17) is 9.26 Å². The lowest BCUT2D eigenvalue weighted by Gasteiger charge is -2.31. The number of aromatic nitrogens is 1. The van der Waals surface area contributed by atoms with Gasteiger partial charge in [0.15, 0.2) is 5.82 Å². The first-order valence-corrected chi connectivity index (χ1v) is 12.0. The minimum atomic E-state index is -0.145. The lowest BCUT2D eigenvalue weighted by atomic mass is 9.87. The number of ether oxygens (including phenoxy) is 1. The van der Waals surface area contributed by atoms with Gasteiger partial charge in [0.2, 0.25) is 5.91 Å². The Hall–Kier alpha value is -3.61. The van der Waals surface area contributed by atoms with E-state index in [1.807, 2.05) is 41.3 Å². The summed E-state index contributed by atoms with van der Waals surface area (Å²) in [5, 5.41) is 6.59. The predicted octanol–water partition coefficient (Wildman–Crippen LogP) is 5.35. The van der Waals surface area contributed by atoms with Crippen molar-refractivity contribution in [1.82, 2.24) is 10.1 Å². The van der Waals surface area contributed by atoms with Crippen molar-refractivity contribution in [2.45, 2.75) is 52.6 Å². The van der Waals surface area contributed by atoms with Crippen LogP contribution in [0.1, 0.15) is 60.9 Å². The highest BCUT2D eigenvalue weighted by Gasteiger charge is 2.28. The molecule has 1 fully saturated rings. The first-order valence-electron chi connectivity index (χ1n) is 12.0. The molecule has 1 aromatic heterocycles. The molecule has 2 amide bonds. The topological polar surface area (TPSA) is 84.7 Å². The number of nitrogens with zero attached hydrogens (tertiary/aromatic N) is 2. The van der Waals surface area contributed by atoms with Gasteiger partial charge in [0.25, 0.3) is 5.91 Å². The highest BCUT2D eigenvalue weighted by molar-refractivity contribution is 5.95. The number of piperidine rings is 1. The average molecular weight is 476 g/mol. The van der Waals surface area contributed by atoms with Crippen LogP contribution in [0.25, 0.3) is 0 Å². The highest BCUT2D eigenvalue weighted by atomic mass is 16.5. The fourth-order valence-corrected chi connectivity index (χ4v) is 4.14. The molecule has 0 bridgehead atoms. The zero-order valence-electron chi connectivity index (χ0n) is 20.8. The lowest BCUT2D eigenvalue weighted by molar-refractivity contribution is -0.121. The molecule has 7 heteroatoms. The maximum Gasteiger partial charge on any atom is 0.253 e. The summed E-state index contributed by atoms with van der Waals surface area (Å²) in [7, 11) is 0. The Labute approximate surface area is 206 Å². The maximum atomic E-state index is 12.9. The number of carbonyl (C=O) groups is 2. The van der Waals surface area contributed by atoms with E-state index in [9.17, 15) is 9.59 Å². The van der Waals surface area contributed by atoms with E-state index in [1.54, 1.807) is 13.0 Å². The summed E-state index contributed by atoms with van der Waals surface area (Å²) in [6.45, 7) is 9.87. The molecule has 1 N–H and O–H groups in total. The zero-order valence-corrected chi connectivity index (χ0v) is 20.8. The van der Waals surface area contributed by atoms with Crippen LogP contribution in [0.5, 0.6) is 5.75 Å². The van der Waals surface area contributed by atoms with Gasteiger partial charge in [0.05, 0.1) is 0 Å². The second kappa shape index (κ2) is 10.3. The molecule has 2 heterocycles. The van der Waals surface area contributed by atoms with Crippen LogP contribution in [-0.2, 0) is 16.8 Å². The molecule has 0 unspecified atom stereocenters. The number of anilines is 1. The Morgan fingerprint density at radius 1 is 1.06 bits per heavy atom. The van der Waals surface area contributed by atoms with E-state index in [1.165, 1.54) is 5.56 Å². The van der Waals surface area contributed by atoms with Crippen molar-refractivity contribution in [2.75, 3.05) is 18.4 Å². The van der Waals surface area contributed by atoms with Gasteiger partial charge in [-0.3, -0.25) is 9.59 Å². The summed E-state index contributed by atoms with van der Waals surface area (Å²) >= 11 is 0. The van der Waals surface area contributed by atoms with Crippen LogP contribution in [0, 0.1) is 12.8 Å². The fraction of sp³-hybridized carbons (Fsp3) is 0.393. The van der Waals surface area contributed by atoms with E-state index in [0.29, 0.717) is 49.7 Å². The van der Waals surface area contributed by atoms with Crippen molar-refractivity contribution in [1.29, 1.82) is 0 Å². The number of rotatable bonds is 6. The van der Waals surface area contributed by atoms with Gasteiger partial charge in [0.1, 0.15) is 18.1 Å². The van der Waals surface area contributed by atoms with Gasteiger partial charge in [-0.1, -0.05) is 50.2 Å². The largest absolute Gasteiger partial charge is 0.489 e. The Kier molecular flexibility index (Phi) is 7.24. The molecule has 1 aliphatic heterocycles. The monoisotopic (exact) mass is 475 g/mol. The molecule has 1 aliphatic rings. The van der Waals surface area contributed by atoms with Gasteiger partial charge >= 0.3 is 0 Å². The molecular weight excluding hydrogens is 442 g/mol. The summed E-state index contributed by atoms with van der Waals surface area (Å²) < 4.78 is 10.9. The second-order valence-electron chi connectivity index (χ2n) is 10.1. The van der Waals surface area contributed by atoms with E-state index in [0.717, 1.165) is 11.3 Å². The Balaban J connectivity index is 1.25. The first kappa shape index (κ1) is 24.5. The van der Waals surface area contributed by atoms with E-state index in [-0.39, 0.29) is 23.1 Å². The molecule has 3 aromatic rings. The molecule has 35 heavy (non-hydrogen) atoms. The molecule has 184 valence electrons. The smallest absolute Gasteiger partial charge is 0.253 e. The normalized spacial score (nSPS) is 14.6. The van der Waals surface area contributed by atoms with Gasteiger partial charge in [-0.05, 0) is 60.6 Å². The lowest BCUT2D eigenvalue weighted by Crippen LogP contribution is -2.41. The van der Waals surface area contributed by atoms with Crippen LogP contribution < -0.4 is 10.1 Å². The molecule has 0 saturated carbocycles. The second-order valence-corrected chi connectivity index (χ2v) is 10.1. The predicted molar refractivity (Wildman–Crippen MR) is 134 cm³/mol. The Bertz CT molecular complexity index is 1150. The van der Waals surface area contributed by atoms with Crippen LogP contribution in [-0.4, -0.2) is 35.0 Å². The van der Waals surface area contributed by atoms with Gasteiger partial charge in [-0.15, -0.1) is 0 Å². The molecule has 7 nitrogen and oxygen atoms in total. The first-order chi connectivity index (χ1) is 16.7. The van der Waals surface area contributed by atoms with Crippen molar-refractivity contribution in [3.63, 3.8) is 0 Å². The molecule has 0 spiro atoms. The Morgan fingerprint density at radius 3 is 2.29 bits per heavy atom. The fourth-order valence-electron chi connectivity index (χ4n) is 4.14. The highest BCUT2D eigenvalue weighted by Crippen LogP contribution is 2.25. The van der Waals surface area contributed by atoms with E-state index in [2.05, 4.69) is 43.4 Å². The van der Waals surface area contributed by atoms with Crippen molar-refractivity contribution >= 4 is 17.6 Å². The Morgan fingerprint density at radius 2 is 1.71 bits per heavy atom. The van der Waals surface area contributed by atoms with Crippen LogP contribution >= 0.6 is 0 Å². The van der Waals surface area contributed by atoms with Gasteiger partial charge < -0.3 is 19.5 Å². The number of hydrogen-bond acceptors (Lipinski definition) is 5. The molecule has 0 aliphatic carbocycles.